The van der Waals surface area contributed by atoms with Crippen molar-refractivity contribution in [2.45, 2.75) is 37.9 Å². The van der Waals surface area contributed by atoms with Gasteiger partial charge in [-0.2, -0.15) is 0 Å². The number of fused-ring (bicyclic) bond motifs is 1. The van der Waals surface area contributed by atoms with Crippen molar-refractivity contribution >= 4 is 49.6 Å². The van der Waals surface area contributed by atoms with E-state index in [4.69, 9.17) is 15.2 Å². The second-order valence-electron chi connectivity index (χ2n) is 7.84. The molecule has 1 unspecified atom stereocenters. The summed E-state index contributed by atoms with van der Waals surface area (Å²) >= 11 is 1.24. The number of aryl methyl sites for hydroxylation is 1. The summed E-state index contributed by atoms with van der Waals surface area (Å²) in [5, 5.41) is 3.75. The summed E-state index contributed by atoms with van der Waals surface area (Å²) in [5.41, 5.74) is 6.90. The number of carbonyl (C=O) groups is 3. The summed E-state index contributed by atoms with van der Waals surface area (Å²) in [7, 11) is -1.26. The first kappa shape index (κ1) is 25.5. The number of hydrogen-bond donors (Lipinski definition) is 3. The van der Waals surface area contributed by atoms with Crippen molar-refractivity contribution in [2.24, 2.45) is 5.73 Å². The molecule has 3 amide bonds. The second kappa shape index (κ2) is 10.4. The van der Waals surface area contributed by atoms with Gasteiger partial charge < -0.3 is 25.8 Å². The van der Waals surface area contributed by atoms with Gasteiger partial charge in [0.2, 0.25) is 11.8 Å². The Kier molecular flexibility index (Phi) is 7.82. The number of nitrogens with two attached hydrogens (primary N) is 1. The number of primary amides is 1. The van der Waals surface area contributed by atoms with Gasteiger partial charge in [0, 0.05) is 16.6 Å². The molecule has 4 N–H and O–H groups in total. The first-order valence-electron chi connectivity index (χ1n) is 10.6. The number of carbonyl (C=O) groups excluding carboxylic acids is 3. The quantitative estimate of drug-likeness (QED) is 0.468. The van der Waals surface area contributed by atoms with Gasteiger partial charge in [0.25, 0.3) is 5.91 Å². The lowest BCUT2D eigenvalue weighted by Gasteiger charge is -2.14. The van der Waals surface area contributed by atoms with Gasteiger partial charge in [0.1, 0.15) is 16.0 Å². The van der Waals surface area contributed by atoms with E-state index < -0.39 is 38.6 Å². The molecule has 10 nitrogen and oxygen atoms in total. The number of nitrogens with one attached hydrogen (secondary N) is 2. The number of amides is 3. The lowest BCUT2D eigenvalue weighted by molar-refractivity contribution is -0.115. The zero-order valence-electron chi connectivity index (χ0n) is 19.1. The van der Waals surface area contributed by atoms with Crippen LogP contribution in [0.1, 0.15) is 40.6 Å². The van der Waals surface area contributed by atoms with Crippen molar-refractivity contribution in [3.8, 4) is 11.5 Å². The highest BCUT2D eigenvalue weighted by atomic mass is 32.2. The summed E-state index contributed by atoms with van der Waals surface area (Å²) in [6.45, 7) is 1.20. The molecular weight excluding hydrogens is 482 g/mol. The number of sulfone groups is 1. The fourth-order valence-electron chi connectivity index (χ4n) is 3.71. The van der Waals surface area contributed by atoms with Gasteiger partial charge in [-0.25, -0.2) is 8.42 Å². The Morgan fingerprint density at radius 2 is 1.76 bits per heavy atom. The molecule has 12 heteroatoms. The van der Waals surface area contributed by atoms with Crippen LogP contribution in [0.5, 0.6) is 11.5 Å². The minimum absolute atomic E-state index is 0.240. The van der Waals surface area contributed by atoms with E-state index in [0.717, 1.165) is 29.7 Å². The highest BCUT2D eigenvalue weighted by Crippen LogP contribution is 2.38. The first-order chi connectivity index (χ1) is 16.1. The molecular formula is C22H27N3O7S2. The first-order valence-corrected chi connectivity index (χ1v) is 13.1. The normalized spacial score (nSPS) is 14.0. The minimum atomic E-state index is -4.15. The van der Waals surface area contributed by atoms with Crippen molar-refractivity contribution < 1.29 is 32.3 Å². The van der Waals surface area contributed by atoms with Gasteiger partial charge in [-0.1, -0.05) is 0 Å². The molecule has 0 fully saturated rings. The van der Waals surface area contributed by atoms with E-state index in [1.165, 1.54) is 44.6 Å². The third-order valence-corrected chi connectivity index (χ3v) is 8.73. The Morgan fingerprint density at radius 1 is 1.09 bits per heavy atom. The highest BCUT2D eigenvalue weighted by Gasteiger charge is 2.32. The van der Waals surface area contributed by atoms with E-state index in [1.54, 1.807) is 6.07 Å². The topological polar surface area (TPSA) is 154 Å². The van der Waals surface area contributed by atoms with Crippen molar-refractivity contribution in [1.29, 1.82) is 0 Å². The lowest BCUT2D eigenvalue weighted by atomic mass is 9.95. The molecule has 0 saturated heterocycles. The number of hydrogen-bond acceptors (Lipinski definition) is 8. The van der Waals surface area contributed by atoms with Crippen molar-refractivity contribution in [2.75, 3.05) is 30.6 Å². The monoisotopic (exact) mass is 509 g/mol. The molecule has 0 spiro atoms. The van der Waals surface area contributed by atoms with Crippen LogP contribution in [0, 0.1) is 0 Å². The molecule has 184 valence electrons. The molecule has 1 aliphatic rings. The average Bonchev–Trinajstić information content (AvgIpc) is 3.15. The van der Waals surface area contributed by atoms with Crippen LogP contribution < -0.4 is 25.8 Å². The van der Waals surface area contributed by atoms with Crippen LogP contribution >= 0.6 is 11.3 Å². The molecule has 0 bridgehead atoms. The Morgan fingerprint density at radius 3 is 2.41 bits per heavy atom. The smallest absolute Gasteiger partial charge is 0.251 e. The van der Waals surface area contributed by atoms with Gasteiger partial charge in [-0.05, 0) is 50.3 Å². The molecule has 3 rings (SSSR count). The average molecular weight is 510 g/mol. The summed E-state index contributed by atoms with van der Waals surface area (Å²) in [4.78, 5) is 38.1. The van der Waals surface area contributed by atoms with Crippen molar-refractivity contribution in [3.05, 3.63) is 34.2 Å². The third-order valence-electron chi connectivity index (χ3n) is 5.56. The van der Waals surface area contributed by atoms with E-state index in [-0.39, 0.29) is 10.6 Å². The van der Waals surface area contributed by atoms with Crippen LogP contribution in [0.25, 0.3) is 0 Å². The molecule has 1 atom stereocenters. The van der Waals surface area contributed by atoms with Crippen molar-refractivity contribution in [1.82, 2.24) is 0 Å². The molecule has 0 aliphatic heterocycles. The zero-order valence-corrected chi connectivity index (χ0v) is 20.7. The van der Waals surface area contributed by atoms with Gasteiger partial charge in [-0.3, -0.25) is 14.4 Å². The van der Waals surface area contributed by atoms with E-state index >= 15 is 0 Å². The Hall–Kier alpha value is -3.12. The fraction of sp³-hybridized carbons (Fsp3) is 0.409. The van der Waals surface area contributed by atoms with E-state index in [9.17, 15) is 22.8 Å². The van der Waals surface area contributed by atoms with Crippen LogP contribution in [0.3, 0.4) is 0 Å². The van der Waals surface area contributed by atoms with Crippen LogP contribution in [-0.4, -0.2) is 51.4 Å². The Balaban J connectivity index is 1.70. The number of rotatable bonds is 9. The molecule has 0 saturated carbocycles. The SMILES string of the molecule is COc1ccc(NC(=O)CS(=O)(=O)C(C)C(=O)Nc2sc3c(c2C(N)=O)CCCC3)cc1OC. The van der Waals surface area contributed by atoms with Crippen LogP contribution in [0.4, 0.5) is 10.7 Å². The van der Waals surface area contributed by atoms with E-state index in [2.05, 4.69) is 10.6 Å². The number of benzene rings is 1. The predicted octanol–water partition coefficient (Wildman–Crippen LogP) is 2.12. The van der Waals surface area contributed by atoms with Crippen LogP contribution in [0.2, 0.25) is 0 Å². The molecule has 1 aromatic heterocycles. The van der Waals surface area contributed by atoms with Crippen molar-refractivity contribution in [3.63, 3.8) is 0 Å². The maximum atomic E-state index is 12.7. The molecule has 0 radical (unpaired) electrons. The second-order valence-corrected chi connectivity index (χ2v) is 11.3. The highest BCUT2D eigenvalue weighted by molar-refractivity contribution is 7.93. The minimum Gasteiger partial charge on any atom is -0.493 e. The van der Waals surface area contributed by atoms with Crippen LogP contribution in [0.15, 0.2) is 18.2 Å². The maximum absolute atomic E-state index is 12.7. The van der Waals surface area contributed by atoms with E-state index in [1.807, 2.05) is 0 Å². The molecule has 1 aromatic carbocycles. The maximum Gasteiger partial charge on any atom is 0.251 e. The lowest BCUT2D eigenvalue weighted by Crippen LogP contribution is -2.37. The summed E-state index contributed by atoms with van der Waals surface area (Å²) in [5.74, 6) is -2.40. The molecule has 2 aromatic rings. The van der Waals surface area contributed by atoms with Crippen LogP contribution in [-0.2, 0) is 32.3 Å². The van der Waals surface area contributed by atoms with Gasteiger partial charge >= 0.3 is 0 Å². The summed E-state index contributed by atoms with van der Waals surface area (Å²) in [6, 6.07) is 4.59. The summed E-state index contributed by atoms with van der Waals surface area (Å²) in [6.07, 6.45) is 3.35. The molecule has 34 heavy (non-hydrogen) atoms. The summed E-state index contributed by atoms with van der Waals surface area (Å²) < 4.78 is 35.8. The number of thiophene rings is 1. The third kappa shape index (κ3) is 5.50. The van der Waals surface area contributed by atoms with E-state index in [0.29, 0.717) is 23.6 Å². The largest absolute Gasteiger partial charge is 0.493 e. The predicted molar refractivity (Wildman–Crippen MR) is 130 cm³/mol. The Bertz CT molecular complexity index is 1220. The molecule has 1 aliphatic carbocycles. The van der Waals surface area contributed by atoms with Gasteiger partial charge in [0.05, 0.1) is 19.8 Å². The standard InChI is InChI=1S/C22H27N3O7S2/c1-12(21(28)25-22-19(20(23)27)14-6-4-5-7-17(14)33-22)34(29,30)11-18(26)24-13-8-9-15(31-2)16(10-13)32-3/h8-10,12H,4-7,11H2,1-3H3,(H2,23,27)(H,24,26)(H,25,28). The Labute approximate surface area is 201 Å². The fourth-order valence-corrected chi connectivity index (χ4v) is 6.08. The van der Waals surface area contributed by atoms with Gasteiger partial charge in [0.15, 0.2) is 21.3 Å². The number of anilines is 2. The number of methoxy groups -OCH3 is 2. The number of ether oxygens (including phenoxy) is 2. The molecule has 1 heterocycles. The van der Waals surface area contributed by atoms with Gasteiger partial charge in [-0.15, -0.1) is 11.3 Å². The zero-order chi connectivity index (χ0) is 25.0.